The number of halogens is 2. The minimum Gasteiger partial charge on any atom is -0.298 e. The van der Waals surface area contributed by atoms with Crippen molar-refractivity contribution in [1.82, 2.24) is 0 Å². The van der Waals surface area contributed by atoms with Gasteiger partial charge in [-0.2, -0.15) is 0 Å². The molecule has 0 N–H and O–H groups in total. The quantitative estimate of drug-likeness (QED) is 0.713. The van der Waals surface area contributed by atoms with E-state index >= 15 is 0 Å². The van der Waals surface area contributed by atoms with E-state index in [0.717, 1.165) is 10.0 Å². The molecule has 2 atom stereocenters. The van der Waals surface area contributed by atoms with Crippen LogP contribution in [0.3, 0.4) is 0 Å². The molecule has 1 aliphatic carbocycles. The summed E-state index contributed by atoms with van der Waals surface area (Å²) in [6.45, 7) is 1.92. The Bertz CT molecular complexity index is 410. The first-order chi connectivity index (χ1) is 8.09. The number of rotatable bonds is 4. The zero-order valence-electron chi connectivity index (χ0n) is 9.83. The van der Waals surface area contributed by atoms with Crippen molar-refractivity contribution in [3.8, 4) is 0 Å². The van der Waals surface area contributed by atoms with E-state index in [-0.39, 0.29) is 10.7 Å². The molecule has 17 heavy (non-hydrogen) atoms. The molecule has 92 valence electrons. The molecule has 1 aromatic carbocycles. The number of carbonyl (C=O) groups is 1. The first-order valence-electron chi connectivity index (χ1n) is 6.03. The lowest BCUT2D eigenvalue weighted by molar-refractivity contribution is -0.121. The van der Waals surface area contributed by atoms with Crippen molar-refractivity contribution >= 4 is 37.6 Å². The molecule has 0 aromatic heterocycles. The Balaban J connectivity index is 2.29. The second-order valence-corrected chi connectivity index (χ2v) is 7.03. The molecule has 0 saturated heterocycles. The minimum absolute atomic E-state index is 0.0629. The van der Waals surface area contributed by atoms with E-state index in [4.69, 9.17) is 0 Å². The summed E-state index contributed by atoms with van der Waals surface area (Å²) in [5.74, 6) is 0.917. The first kappa shape index (κ1) is 13.3. The fourth-order valence-electron chi connectivity index (χ4n) is 2.39. The van der Waals surface area contributed by atoms with Gasteiger partial charge in [-0.25, -0.2) is 0 Å². The van der Waals surface area contributed by atoms with Crippen molar-refractivity contribution in [2.75, 3.05) is 0 Å². The highest BCUT2D eigenvalue weighted by atomic mass is 79.9. The summed E-state index contributed by atoms with van der Waals surface area (Å²) in [4.78, 5) is 12.3. The Morgan fingerprint density at radius 3 is 2.59 bits per heavy atom. The Morgan fingerprint density at radius 2 is 2.12 bits per heavy atom. The van der Waals surface area contributed by atoms with Gasteiger partial charge >= 0.3 is 0 Å². The van der Waals surface area contributed by atoms with Gasteiger partial charge in [0.2, 0.25) is 0 Å². The summed E-state index contributed by atoms with van der Waals surface area (Å²) in [6, 6.07) is 8.16. The molecule has 1 aromatic rings. The normalized spacial score (nSPS) is 19.5. The van der Waals surface area contributed by atoms with Crippen molar-refractivity contribution < 1.29 is 4.79 Å². The molecule has 0 bridgehead atoms. The fourth-order valence-corrected chi connectivity index (χ4v) is 3.09. The van der Waals surface area contributed by atoms with Gasteiger partial charge < -0.3 is 0 Å². The number of hydrogen-bond donors (Lipinski definition) is 0. The topological polar surface area (TPSA) is 17.1 Å². The molecule has 3 heteroatoms. The number of benzene rings is 1. The highest BCUT2D eigenvalue weighted by Gasteiger charge is 2.35. The summed E-state index contributed by atoms with van der Waals surface area (Å²) in [6.07, 6.45) is 3.63. The van der Waals surface area contributed by atoms with Gasteiger partial charge in [-0.15, -0.1) is 0 Å². The number of alkyl halides is 1. The van der Waals surface area contributed by atoms with Crippen molar-refractivity contribution in [3.05, 3.63) is 34.3 Å². The summed E-state index contributed by atoms with van der Waals surface area (Å²) < 4.78 is 1.05. The van der Waals surface area contributed by atoms with Crippen molar-refractivity contribution in [1.29, 1.82) is 0 Å². The van der Waals surface area contributed by atoms with E-state index in [2.05, 4.69) is 44.0 Å². The zero-order chi connectivity index (χ0) is 12.4. The van der Waals surface area contributed by atoms with Crippen LogP contribution < -0.4 is 0 Å². The van der Waals surface area contributed by atoms with E-state index < -0.39 is 0 Å². The SMILES string of the molecule is CC(Br)C(=O)C(c1cccc(Br)c1)C1CCC1. The van der Waals surface area contributed by atoms with Crippen LogP contribution in [0, 0.1) is 5.92 Å². The maximum absolute atomic E-state index is 12.3. The number of Topliss-reactive ketones (excluding diaryl/α,β-unsaturated/α-hetero) is 1. The van der Waals surface area contributed by atoms with Crippen molar-refractivity contribution in [3.63, 3.8) is 0 Å². The van der Waals surface area contributed by atoms with E-state index in [0.29, 0.717) is 11.7 Å². The molecule has 1 aliphatic rings. The van der Waals surface area contributed by atoms with Gasteiger partial charge in [0, 0.05) is 10.4 Å². The third-order valence-corrected chi connectivity index (χ3v) is 4.47. The first-order valence-corrected chi connectivity index (χ1v) is 7.73. The van der Waals surface area contributed by atoms with Gasteiger partial charge in [-0.1, -0.05) is 50.4 Å². The van der Waals surface area contributed by atoms with E-state index in [1.54, 1.807) is 0 Å². The molecule has 0 spiro atoms. The monoisotopic (exact) mass is 358 g/mol. The van der Waals surface area contributed by atoms with Crippen LogP contribution in [0.1, 0.15) is 37.7 Å². The Hall–Kier alpha value is -0.150. The average Bonchev–Trinajstić information content (AvgIpc) is 2.22. The van der Waals surface area contributed by atoms with Gasteiger partial charge in [0.05, 0.1) is 4.83 Å². The van der Waals surface area contributed by atoms with Crippen LogP contribution in [0.5, 0.6) is 0 Å². The van der Waals surface area contributed by atoms with Crippen molar-refractivity contribution in [2.24, 2.45) is 5.92 Å². The van der Waals surface area contributed by atoms with Crippen LogP contribution in [0.2, 0.25) is 0 Å². The molecule has 0 amide bonds. The van der Waals surface area contributed by atoms with Crippen LogP contribution in [0.25, 0.3) is 0 Å². The highest BCUT2D eigenvalue weighted by molar-refractivity contribution is 9.10. The summed E-state index contributed by atoms with van der Waals surface area (Å²) in [5.41, 5.74) is 1.15. The molecular weight excluding hydrogens is 344 g/mol. The lowest BCUT2D eigenvalue weighted by atomic mass is 9.71. The largest absolute Gasteiger partial charge is 0.298 e. The predicted molar refractivity (Wildman–Crippen MR) is 77.6 cm³/mol. The molecule has 2 rings (SSSR count). The number of carbonyl (C=O) groups excluding carboxylic acids is 1. The van der Waals surface area contributed by atoms with Crippen LogP contribution >= 0.6 is 31.9 Å². The molecule has 1 fully saturated rings. The third kappa shape index (κ3) is 3.00. The molecular formula is C14H16Br2O. The lowest BCUT2D eigenvalue weighted by Crippen LogP contribution is -2.30. The molecule has 0 aliphatic heterocycles. The zero-order valence-corrected chi connectivity index (χ0v) is 13.0. The van der Waals surface area contributed by atoms with Crippen molar-refractivity contribution in [2.45, 2.75) is 36.9 Å². The Morgan fingerprint density at radius 1 is 1.41 bits per heavy atom. The number of ketones is 1. The maximum Gasteiger partial charge on any atom is 0.153 e. The van der Waals surface area contributed by atoms with Crippen LogP contribution in [-0.2, 0) is 4.79 Å². The van der Waals surface area contributed by atoms with Crippen LogP contribution in [0.15, 0.2) is 28.7 Å². The third-order valence-electron chi connectivity index (χ3n) is 3.53. The minimum atomic E-state index is -0.0629. The maximum atomic E-state index is 12.3. The number of hydrogen-bond acceptors (Lipinski definition) is 1. The lowest BCUT2D eigenvalue weighted by Gasteiger charge is -2.34. The second-order valence-electron chi connectivity index (χ2n) is 4.74. The van der Waals surface area contributed by atoms with Gasteiger partial charge in [-0.05, 0) is 43.4 Å². The summed E-state index contributed by atoms with van der Waals surface area (Å²) in [5, 5.41) is 0. The van der Waals surface area contributed by atoms with E-state index in [1.807, 2.05) is 19.1 Å². The van der Waals surface area contributed by atoms with E-state index in [9.17, 15) is 4.79 Å². The molecule has 2 unspecified atom stereocenters. The van der Waals surface area contributed by atoms with E-state index in [1.165, 1.54) is 19.3 Å². The highest BCUT2D eigenvalue weighted by Crippen LogP contribution is 2.41. The van der Waals surface area contributed by atoms with Crippen LogP contribution in [0.4, 0.5) is 0 Å². The Kier molecular flexibility index (Phi) is 4.42. The predicted octanol–water partition coefficient (Wildman–Crippen LogP) is 4.69. The fraction of sp³-hybridized carbons (Fsp3) is 0.500. The van der Waals surface area contributed by atoms with Gasteiger partial charge in [0.1, 0.15) is 0 Å². The summed E-state index contributed by atoms with van der Waals surface area (Å²) in [7, 11) is 0. The molecule has 0 heterocycles. The molecule has 0 radical (unpaired) electrons. The standard InChI is InChI=1S/C14H16Br2O/c1-9(15)14(17)13(10-4-2-5-10)11-6-3-7-12(16)8-11/h3,6-10,13H,2,4-5H2,1H3. The molecule has 1 nitrogen and oxygen atoms in total. The summed E-state index contributed by atoms with van der Waals surface area (Å²) >= 11 is 6.90. The average molecular weight is 360 g/mol. The van der Waals surface area contributed by atoms with Crippen LogP contribution in [-0.4, -0.2) is 10.6 Å². The molecule has 1 saturated carbocycles. The smallest absolute Gasteiger partial charge is 0.153 e. The Labute approximate surface area is 119 Å². The van der Waals surface area contributed by atoms with Gasteiger partial charge in [0.15, 0.2) is 5.78 Å². The van der Waals surface area contributed by atoms with Gasteiger partial charge in [-0.3, -0.25) is 4.79 Å². The second kappa shape index (κ2) is 5.66. The van der Waals surface area contributed by atoms with Gasteiger partial charge in [0.25, 0.3) is 0 Å².